The number of aromatic nitrogens is 1. The third kappa shape index (κ3) is 3.28. The molecule has 1 aliphatic heterocycles. The molecule has 0 saturated carbocycles. The number of aryl methyl sites for hydroxylation is 1. The van der Waals surface area contributed by atoms with Gasteiger partial charge in [-0.2, -0.15) is 5.26 Å². The summed E-state index contributed by atoms with van der Waals surface area (Å²) in [6.45, 7) is 4.53. The SMILES string of the molecule is CCCc1cc2c(c(=O)n1C)C(c1ccc(OCC)cc1)C(C#N)=C(N)O2. The van der Waals surface area contributed by atoms with Crippen LogP contribution in [0, 0.1) is 11.3 Å². The average Bonchev–Trinajstić information content (AvgIpc) is 2.66. The van der Waals surface area contributed by atoms with E-state index in [0.717, 1.165) is 29.8 Å². The molecule has 0 saturated heterocycles. The summed E-state index contributed by atoms with van der Waals surface area (Å²) >= 11 is 0. The van der Waals surface area contributed by atoms with Crippen molar-refractivity contribution in [1.82, 2.24) is 4.57 Å². The Kier molecular flexibility index (Phi) is 5.22. The van der Waals surface area contributed by atoms with Crippen molar-refractivity contribution in [3.05, 3.63) is 69.0 Å². The molecule has 0 spiro atoms. The van der Waals surface area contributed by atoms with E-state index in [1.54, 1.807) is 11.6 Å². The second kappa shape index (κ2) is 7.58. The van der Waals surface area contributed by atoms with Crippen LogP contribution in [0.3, 0.4) is 0 Å². The number of nitriles is 1. The first kappa shape index (κ1) is 18.6. The molecule has 0 aliphatic carbocycles. The molecule has 2 heterocycles. The van der Waals surface area contributed by atoms with Crippen molar-refractivity contribution in [1.29, 1.82) is 5.26 Å². The first-order valence-corrected chi connectivity index (χ1v) is 9.04. The Morgan fingerprint density at radius 2 is 2.00 bits per heavy atom. The van der Waals surface area contributed by atoms with Crippen molar-refractivity contribution >= 4 is 0 Å². The molecule has 6 nitrogen and oxygen atoms in total. The van der Waals surface area contributed by atoms with Crippen LogP contribution in [0.5, 0.6) is 11.5 Å². The first-order chi connectivity index (χ1) is 13.0. The number of hydrogen-bond donors (Lipinski definition) is 1. The maximum atomic E-state index is 13.1. The molecule has 27 heavy (non-hydrogen) atoms. The summed E-state index contributed by atoms with van der Waals surface area (Å²) < 4.78 is 12.8. The van der Waals surface area contributed by atoms with Gasteiger partial charge >= 0.3 is 0 Å². The summed E-state index contributed by atoms with van der Waals surface area (Å²) in [4.78, 5) is 13.1. The predicted molar refractivity (Wildman–Crippen MR) is 103 cm³/mol. The highest BCUT2D eigenvalue weighted by molar-refractivity contribution is 5.55. The molecule has 0 radical (unpaired) electrons. The largest absolute Gasteiger partial charge is 0.494 e. The molecule has 0 amide bonds. The van der Waals surface area contributed by atoms with Crippen LogP contribution < -0.4 is 20.8 Å². The van der Waals surface area contributed by atoms with E-state index in [-0.39, 0.29) is 17.0 Å². The Bertz CT molecular complexity index is 981. The Balaban J connectivity index is 2.20. The van der Waals surface area contributed by atoms with Gasteiger partial charge in [0.15, 0.2) is 0 Å². The van der Waals surface area contributed by atoms with Gasteiger partial charge in [0.25, 0.3) is 5.56 Å². The van der Waals surface area contributed by atoms with Crippen molar-refractivity contribution in [2.75, 3.05) is 6.61 Å². The zero-order chi connectivity index (χ0) is 19.6. The van der Waals surface area contributed by atoms with Crippen LogP contribution in [-0.2, 0) is 13.5 Å². The molecule has 1 aliphatic rings. The smallest absolute Gasteiger partial charge is 0.258 e. The van der Waals surface area contributed by atoms with Gasteiger partial charge in [0, 0.05) is 18.8 Å². The lowest BCUT2D eigenvalue weighted by Crippen LogP contribution is -2.32. The number of nitrogens with zero attached hydrogens (tertiary/aromatic N) is 2. The van der Waals surface area contributed by atoms with E-state index in [1.165, 1.54) is 0 Å². The van der Waals surface area contributed by atoms with E-state index in [4.69, 9.17) is 15.2 Å². The highest BCUT2D eigenvalue weighted by Crippen LogP contribution is 2.40. The molecule has 0 bridgehead atoms. The zero-order valence-corrected chi connectivity index (χ0v) is 15.8. The molecule has 6 heteroatoms. The van der Waals surface area contributed by atoms with Crippen molar-refractivity contribution in [3.63, 3.8) is 0 Å². The van der Waals surface area contributed by atoms with Crippen LogP contribution in [0.4, 0.5) is 0 Å². The van der Waals surface area contributed by atoms with Crippen molar-refractivity contribution in [2.24, 2.45) is 12.8 Å². The minimum Gasteiger partial charge on any atom is -0.494 e. The summed E-state index contributed by atoms with van der Waals surface area (Å²) in [6.07, 6.45) is 1.66. The van der Waals surface area contributed by atoms with Gasteiger partial charge < -0.3 is 19.8 Å². The molecule has 140 valence electrons. The monoisotopic (exact) mass is 365 g/mol. The summed E-state index contributed by atoms with van der Waals surface area (Å²) in [5, 5.41) is 9.66. The molecule has 0 fully saturated rings. The van der Waals surface area contributed by atoms with E-state index in [2.05, 4.69) is 13.0 Å². The van der Waals surface area contributed by atoms with Crippen molar-refractivity contribution in [2.45, 2.75) is 32.6 Å². The van der Waals surface area contributed by atoms with E-state index in [1.807, 2.05) is 37.3 Å². The Hall–Kier alpha value is -3.20. The van der Waals surface area contributed by atoms with Gasteiger partial charge in [-0.3, -0.25) is 4.79 Å². The topological polar surface area (TPSA) is 90.3 Å². The second-order valence-corrected chi connectivity index (χ2v) is 6.45. The minimum atomic E-state index is -0.566. The highest BCUT2D eigenvalue weighted by Gasteiger charge is 2.34. The van der Waals surface area contributed by atoms with E-state index >= 15 is 0 Å². The standard InChI is InChI=1S/C21H23N3O3/c1-4-6-14-11-17-19(21(25)24(14)3)18(16(12-22)20(23)27-17)13-7-9-15(10-8-13)26-5-2/h7-11,18H,4-6,23H2,1-3H3. The summed E-state index contributed by atoms with van der Waals surface area (Å²) in [5.74, 6) is 0.635. The number of ether oxygens (including phenoxy) is 2. The van der Waals surface area contributed by atoms with E-state index < -0.39 is 5.92 Å². The molecular formula is C21H23N3O3. The van der Waals surface area contributed by atoms with Crippen LogP contribution in [0.1, 0.15) is 43.0 Å². The van der Waals surface area contributed by atoms with Crippen molar-refractivity contribution < 1.29 is 9.47 Å². The lowest BCUT2D eigenvalue weighted by atomic mass is 9.84. The molecule has 1 aromatic carbocycles. The number of hydrogen-bond acceptors (Lipinski definition) is 5. The molecule has 1 aromatic heterocycles. The maximum Gasteiger partial charge on any atom is 0.258 e. The Labute approximate surface area is 158 Å². The molecule has 1 unspecified atom stereocenters. The number of allylic oxidation sites excluding steroid dienone is 1. The van der Waals surface area contributed by atoms with Gasteiger partial charge in [0.2, 0.25) is 5.88 Å². The quantitative estimate of drug-likeness (QED) is 0.880. The first-order valence-electron chi connectivity index (χ1n) is 9.04. The van der Waals surface area contributed by atoms with Crippen LogP contribution in [0.15, 0.2) is 46.6 Å². The fourth-order valence-electron chi connectivity index (χ4n) is 3.42. The summed E-state index contributed by atoms with van der Waals surface area (Å²) in [6, 6.07) is 11.3. The minimum absolute atomic E-state index is 0.0413. The van der Waals surface area contributed by atoms with Gasteiger partial charge in [0.05, 0.1) is 18.1 Å². The molecule has 3 rings (SSSR count). The van der Waals surface area contributed by atoms with Gasteiger partial charge in [-0.05, 0) is 31.0 Å². The van der Waals surface area contributed by atoms with Gasteiger partial charge in [-0.25, -0.2) is 0 Å². The molecular weight excluding hydrogens is 342 g/mol. The van der Waals surface area contributed by atoms with Crippen LogP contribution in [0.2, 0.25) is 0 Å². The number of benzene rings is 1. The Morgan fingerprint density at radius 3 is 2.59 bits per heavy atom. The van der Waals surface area contributed by atoms with Gasteiger partial charge in [-0.1, -0.05) is 25.5 Å². The van der Waals surface area contributed by atoms with Crippen LogP contribution in [0.25, 0.3) is 0 Å². The normalized spacial score (nSPS) is 15.7. The number of pyridine rings is 1. The summed E-state index contributed by atoms with van der Waals surface area (Å²) in [7, 11) is 1.75. The van der Waals surface area contributed by atoms with E-state index in [0.29, 0.717) is 17.9 Å². The van der Waals surface area contributed by atoms with E-state index in [9.17, 15) is 10.1 Å². The van der Waals surface area contributed by atoms with Crippen LogP contribution in [-0.4, -0.2) is 11.2 Å². The Morgan fingerprint density at radius 1 is 1.30 bits per heavy atom. The molecule has 2 N–H and O–H groups in total. The van der Waals surface area contributed by atoms with Gasteiger partial charge in [-0.15, -0.1) is 0 Å². The zero-order valence-electron chi connectivity index (χ0n) is 15.8. The molecule has 2 aromatic rings. The van der Waals surface area contributed by atoms with Crippen molar-refractivity contribution in [3.8, 4) is 17.6 Å². The number of nitrogens with two attached hydrogens (primary N) is 1. The number of rotatable bonds is 5. The highest BCUT2D eigenvalue weighted by atomic mass is 16.5. The summed E-state index contributed by atoms with van der Waals surface area (Å²) in [5.41, 5.74) is 8.20. The third-order valence-electron chi connectivity index (χ3n) is 4.74. The number of fused-ring (bicyclic) bond motifs is 1. The third-order valence-corrected chi connectivity index (χ3v) is 4.74. The maximum absolute atomic E-state index is 13.1. The van der Waals surface area contributed by atoms with Crippen LogP contribution >= 0.6 is 0 Å². The lowest BCUT2D eigenvalue weighted by molar-refractivity contribution is 0.340. The fraction of sp³-hybridized carbons (Fsp3) is 0.333. The fourth-order valence-corrected chi connectivity index (χ4v) is 3.42. The van der Waals surface area contributed by atoms with Gasteiger partial charge in [0.1, 0.15) is 23.1 Å². The predicted octanol–water partition coefficient (Wildman–Crippen LogP) is 2.95. The average molecular weight is 365 g/mol. The second-order valence-electron chi connectivity index (χ2n) is 6.45. The molecule has 1 atom stereocenters. The lowest BCUT2D eigenvalue weighted by Gasteiger charge is -2.27.